The van der Waals surface area contributed by atoms with Crippen molar-refractivity contribution in [2.45, 2.75) is 0 Å². The molecule has 0 bridgehead atoms. The number of nitriles is 1. The minimum absolute atomic E-state index is 0.192. The summed E-state index contributed by atoms with van der Waals surface area (Å²) in [5, 5.41) is 17.4. The molecule has 4 rings (SSSR count). The van der Waals surface area contributed by atoms with Crippen molar-refractivity contribution in [3.05, 3.63) is 81.5 Å². The van der Waals surface area contributed by atoms with Crippen molar-refractivity contribution in [2.24, 2.45) is 0 Å². The zero-order valence-corrected chi connectivity index (χ0v) is 14.7. The number of aromatic nitrogens is 4. The first-order valence-electron chi connectivity index (χ1n) is 8.06. The van der Waals surface area contributed by atoms with E-state index in [1.807, 2.05) is 30.3 Å². The summed E-state index contributed by atoms with van der Waals surface area (Å²) in [7, 11) is 0. The number of rotatable bonds is 3. The van der Waals surface area contributed by atoms with E-state index in [0.29, 0.717) is 15.9 Å². The summed E-state index contributed by atoms with van der Waals surface area (Å²) in [6.45, 7) is 0. The smallest absolute Gasteiger partial charge is 0.259 e. The fourth-order valence-electron chi connectivity index (χ4n) is 2.79. The normalized spacial score (nSPS) is 11.5. The topological polar surface area (TPSA) is 98.2 Å². The van der Waals surface area contributed by atoms with E-state index in [1.165, 1.54) is 0 Å². The molecule has 6 nitrogen and oxygen atoms in total. The van der Waals surface area contributed by atoms with Crippen LogP contribution in [0.5, 0.6) is 0 Å². The second-order valence-electron chi connectivity index (χ2n) is 5.81. The van der Waals surface area contributed by atoms with Crippen LogP contribution in [0.3, 0.4) is 0 Å². The van der Waals surface area contributed by atoms with Gasteiger partial charge in [0.2, 0.25) is 0 Å². The van der Waals surface area contributed by atoms with Crippen molar-refractivity contribution in [1.82, 2.24) is 20.2 Å². The van der Waals surface area contributed by atoms with Gasteiger partial charge in [-0.05, 0) is 24.3 Å². The molecular formula is C20H12ClN5O. The molecule has 0 saturated heterocycles. The summed E-state index contributed by atoms with van der Waals surface area (Å²) >= 11 is 5.94. The summed E-state index contributed by atoms with van der Waals surface area (Å²) in [4.78, 5) is 19.4. The van der Waals surface area contributed by atoms with Gasteiger partial charge in [0.25, 0.3) is 5.56 Å². The van der Waals surface area contributed by atoms with Gasteiger partial charge in [-0.3, -0.25) is 9.89 Å². The molecular weight excluding hydrogens is 362 g/mol. The average molecular weight is 374 g/mol. The lowest BCUT2D eigenvalue weighted by atomic mass is 10.1. The molecule has 0 aliphatic carbocycles. The number of hydrogen-bond donors (Lipinski definition) is 2. The Labute approximate surface area is 158 Å². The summed E-state index contributed by atoms with van der Waals surface area (Å²) in [5.41, 5.74) is 2.77. The minimum atomic E-state index is -0.353. The van der Waals surface area contributed by atoms with Crippen LogP contribution in [-0.2, 0) is 0 Å². The third-order valence-electron chi connectivity index (χ3n) is 4.07. The maximum absolute atomic E-state index is 12.4. The number of halogens is 1. The lowest BCUT2D eigenvalue weighted by Gasteiger charge is -2.03. The molecule has 130 valence electrons. The molecule has 0 atom stereocenters. The van der Waals surface area contributed by atoms with Gasteiger partial charge in [0.05, 0.1) is 28.4 Å². The van der Waals surface area contributed by atoms with Gasteiger partial charge in [0.15, 0.2) is 5.82 Å². The molecule has 2 heterocycles. The number of fused-ring (bicyclic) bond motifs is 1. The second kappa shape index (κ2) is 6.90. The van der Waals surface area contributed by atoms with E-state index >= 15 is 0 Å². The molecule has 0 amide bonds. The molecule has 0 aliphatic heterocycles. The largest absolute Gasteiger partial charge is 0.305 e. The molecule has 0 saturated carbocycles. The molecule has 0 unspecified atom stereocenters. The molecule has 2 aromatic carbocycles. The van der Waals surface area contributed by atoms with Crippen LogP contribution in [0.25, 0.3) is 33.8 Å². The van der Waals surface area contributed by atoms with E-state index in [9.17, 15) is 10.1 Å². The zero-order valence-electron chi connectivity index (χ0n) is 13.9. The third-order valence-corrected chi connectivity index (χ3v) is 4.31. The predicted molar refractivity (Wildman–Crippen MR) is 105 cm³/mol. The van der Waals surface area contributed by atoms with Gasteiger partial charge in [-0.15, -0.1) is 0 Å². The van der Waals surface area contributed by atoms with Gasteiger partial charge in [-0.2, -0.15) is 10.4 Å². The highest BCUT2D eigenvalue weighted by Crippen LogP contribution is 2.25. The maximum atomic E-state index is 12.4. The minimum Gasteiger partial charge on any atom is -0.305 e. The predicted octanol–water partition coefficient (Wildman–Crippen LogP) is 4.03. The van der Waals surface area contributed by atoms with E-state index in [4.69, 9.17) is 11.6 Å². The van der Waals surface area contributed by atoms with E-state index in [1.54, 1.807) is 30.5 Å². The SMILES string of the molecule is N#CC(=Cc1cn[nH]c1-c1ccccc1)c1nc2ccc(Cl)cc2c(=O)[nH]1. The number of nitrogens with zero attached hydrogens (tertiary/aromatic N) is 3. The van der Waals surface area contributed by atoms with Crippen molar-refractivity contribution < 1.29 is 0 Å². The molecule has 0 spiro atoms. The molecule has 0 fully saturated rings. The van der Waals surface area contributed by atoms with Gasteiger partial charge >= 0.3 is 0 Å². The number of allylic oxidation sites excluding steroid dienone is 1. The Kier molecular flexibility index (Phi) is 4.29. The molecule has 27 heavy (non-hydrogen) atoms. The van der Waals surface area contributed by atoms with Gasteiger partial charge < -0.3 is 4.98 Å². The van der Waals surface area contributed by atoms with Crippen LogP contribution >= 0.6 is 11.6 Å². The van der Waals surface area contributed by atoms with Crippen molar-refractivity contribution in [1.29, 1.82) is 5.26 Å². The number of H-pyrrole nitrogens is 2. The van der Waals surface area contributed by atoms with Crippen molar-refractivity contribution >= 4 is 34.2 Å². The highest BCUT2D eigenvalue weighted by atomic mass is 35.5. The van der Waals surface area contributed by atoms with Crippen molar-refractivity contribution in [3.8, 4) is 17.3 Å². The highest BCUT2D eigenvalue weighted by Gasteiger charge is 2.11. The van der Waals surface area contributed by atoms with Gasteiger partial charge in [-0.25, -0.2) is 4.98 Å². The Bertz CT molecular complexity index is 1270. The number of aromatic amines is 2. The van der Waals surface area contributed by atoms with Crippen LogP contribution in [-0.4, -0.2) is 20.2 Å². The Hall–Kier alpha value is -3.69. The first-order chi connectivity index (χ1) is 13.2. The number of hydrogen-bond acceptors (Lipinski definition) is 4. The maximum Gasteiger partial charge on any atom is 0.259 e. The Morgan fingerprint density at radius 3 is 2.78 bits per heavy atom. The van der Waals surface area contributed by atoms with E-state index < -0.39 is 0 Å². The quantitative estimate of drug-likeness (QED) is 0.529. The van der Waals surface area contributed by atoms with Crippen LogP contribution in [0.15, 0.2) is 59.5 Å². The summed E-state index contributed by atoms with van der Waals surface area (Å²) in [5.74, 6) is 0.192. The molecule has 2 N–H and O–H groups in total. The lowest BCUT2D eigenvalue weighted by Crippen LogP contribution is -2.11. The standard InChI is InChI=1S/C20H12ClN5O/c21-15-6-7-17-16(9-15)20(27)25-19(24-17)13(10-22)8-14-11-23-26-18(14)12-4-2-1-3-5-12/h1-9,11H,(H,23,26)(H,24,25,27). The first-order valence-corrected chi connectivity index (χ1v) is 8.44. The number of nitrogens with one attached hydrogen (secondary N) is 2. The van der Waals surface area contributed by atoms with Crippen molar-refractivity contribution in [2.75, 3.05) is 0 Å². The van der Waals surface area contributed by atoms with E-state index in [2.05, 4.69) is 26.2 Å². The van der Waals surface area contributed by atoms with Crippen LogP contribution < -0.4 is 5.56 Å². The summed E-state index contributed by atoms with van der Waals surface area (Å²) in [6, 6.07) is 16.6. The third kappa shape index (κ3) is 3.24. The van der Waals surface area contributed by atoms with E-state index in [-0.39, 0.29) is 17.0 Å². The first kappa shape index (κ1) is 16.8. The molecule has 0 radical (unpaired) electrons. The lowest BCUT2D eigenvalue weighted by molar-refractivity contribution is 1.10. The second-order valence-corrected chi connectivity index (χ2v) is 6.25. The van der Waals surface area contributed by atoms with Crippen molar-refractivity contribution in [3.63, 3.8) is 0 Å². The Balaban J connectivity index is 1.84. The van der Waals surface area contributed by atoms with E-state index in [0.717, 1.165) is 16.8 Å². The molecule has 0 aliphatic rings. The summed E-state index contributed by atoms with van der Waals surface area (Å²) in [6.07, 6.45) is 3.27. The van der Waals surface area contributed by atoms with Crippen LogP contribution in [0.4, 0.5) is 0 Å². The molecule has 4 aromatic rings. The monoisotopic (exact) mass is 373 g/mol. The van der Waals surface area contributed by atoms with Crippen LogP contribution in [0.2, 0.25) is 5.02 Å². The highest BCUT2D eigenvalue weighted by molar-refractivity contribution is 6.31. The van der Waals surface area contributed by atoms with Gasteiger partial charge in [-0.1, -0.05) is 41.9 Å². The zero-order chi connectivity index (χ0) is 18.8. The average Bonchev–Trinajstić information content (AvgIpc) is 3.15. The van der Waals surface area contributed by atoms with Crippen LogP contribution in [0, 0.1) is 11.3 Å². The Morgan fingerprint density at radius 1 is 1.19 bits per heavy atom. The van der Waals surface area contributed by atoms with Crippen LogP contribution in [0.1, 0.15) is 11.4 Å². The fraction of sp³-hybridized carbons (Fsp3) is 0. The number of benzene rings is 2. The summed E-state index contributed by atoms with van der Waals surface area (Å²) < 4.78 is 0. The molecule has 2 aromatic heterocycles. The Morgan fingerprint density at radius 2 is 2.00 bits per heavy atom. The molecule has 7 heteroatoms. The fourth-order valence-corrected chi connectivity index (χ4v) is 2.96. The van der Waals surface area contributed by atoms with Gasteiger partial charge in [0, 0.05) is 16.1 Å². The van der Waals surface area contributed by atoms with Gasteiger partial charge in [0.1, 0.15) is 6.07 Å².